The van der Waals surface area contributed by atoms with Crippen molar-refractivity contribution in [3.63, 3.8) is 0 Å². The summed E-state index contributed by atoms with van der Waals surface area (Å²) in [5.41, 5.74) is 3.50. The number of aryl methyl sites for hydroxylation is 1. The number of hydrogen-bond donors (Lipinski definition) is 1. The van der Waals surface area contributed by atoms with E-state index >= 15 is 0 Å². The number of carbonyl (C=O) groups is 1. The van der Waals surface area contributed by atoms with Crippen molar-refractivity contribution in [2.75, 3.05) is 0 Å². The summed E-state index contributed by atoms with van der Waals surface area (Å²) in [6.45, 7) is 4.00. The van der Waals surface area contributed by atoms with Crippen LogP contribution in [-0.4, -0.2) is 31.5 Å². The minimum absolute atomic E-state index is 0.116. The van der Waals surface area contributed by atoms with Gasteiger partial charge in [0, 0.05) is 17.9 Å². The van der Waals surface area contributed by atoms with Gasteiger partial charge in [-0.3, -0.25) is 9.78 Å². The first-order valence-electron chi connectivity index (χ1n) is 8.21. The normalized spacial score (nSPS) is 15.4. The van der Waals surface area contributed by atoms with Gasteiger partial charge in [-0.1, -0.05) is 6.07 Å². The number of carbonyl (C=O) groups excluding carboxylic acids is 1. The average molecular weight is 321 g/mol. The average Bonchev–Trinajstić information content (AvgIpc) is 3.35. The van der Waals surface area contributed by atoms with E-state index in [-0.39, 0.29) is 11.9 Å². The molecule has 0 aromatic carbocycles. The standard InChI is InChI=1S/C18H19N5O/c1-11-9-16(15-5-3-4-8-19-15)22-17-14(10-20-23(11)17)18(24)21-12(2)13-6-7-13/h3-5,8-10,12-13H,6-7H2,1-2H3,(H,21,24)/t12-/m0/s1. The van der Waals surface area contributed by atoms with Crippen LogP contribution in [0.15, 0.2) is 36.7 Å². The molecule has 122 valence electrons. The maximum Gasteiger partial charge on any atom is 0.256 e. The van der Waals surface area contributed by atoms with Gasteiger partial charge in [-0.05, 0) is 50.8 Å². The highest BCUT2D eigenvalue weighted by atomic mass is 16.1. The molecule has 1 atom stereocenters. The van der Waals surface area contributed by atoms with Gasteiger partial charge in [-0.15, -0.1) is 0 Å². The van der Waals surface area contributed by atoms with E-state index in [1.807, 2.05) is 31.2 Å². The van der Waals surface area contributed by atoms with Crippen LogP contribution in [0.4, 0.5) is 0 Å². The largest absolute Gasteiger partial charge is 0.349 e. The van der Waals surface area contributed by atoms with Gasteiger partial charge in [-0.2, -0.15) is 5.10 Å². The van der Waals surface area contributed by atoms with Crippen LogP contribution in [0.2, 0.25) is 0 Å². The molecule has 1 amide bonds. The quantitative estimate of drug-likeness (QED) is 0.802. The van der Waals surface area contributed by atoms with Gasteiger partial charge in [0.15, 0.2) is 5.65 Å². The summed E-state index contributed by atoms with van der Waals surface area (Å²) >= 11 is 0. The van der Waals surface area contributed by atoms with Crippen molar-refractivity contribution in [2.45, 2.75) is 32.7 Å². The number of nitrogens with one attached hydrogen (secondary N) is 1. The van der Waals surface area contributed by atoms with Crippen LogP contribution in [0, 0.1) is 12.8 Å². The molecule has 1 saturated carbocycles. The van der Waals surface area contributed by atoms with Crippen LogP contribution in [0.5, 0.6) is 0 Å². The lowest BCUT2D eigenvalue weighted by Gasteiger charge is -2.12. The highest BCUT2D eigenvalue weighted by Gasteiger charge is 2.29. The Balaban J connectivity index is 1.74. The Hall–Kier alpha value is -2.76. The van der Waals surface area contributed by atoms with Crippen LogP contribution >= 0.6 is 0 Å². The second-order valence-corrected chi connectivity index (χ2v) is 6.39. The SMILES string of the molecule is Cc1cc(-c2ccccn2)nc2c(C(=O)N[C@@H](C)C3CC3)cnn12. The van der Waals surface area contributed by atoms with Crippen molar-refractivity contribution in [1.82, 2.24) is 24.9 Å². The lowest BCUT2D eigenvalue weighted by Crippen LogP contribution is -2.34. The van der Waals surface area contributed by atoms with Crippen LogP contribution in [-0.2, 0) is 0 Å². The van der Waals surface area contributed by atoms with Crippen molar-refractivity contribution >= 4 is 11.6 Å². The molecule has 1 aliphatic rings. The van der Waals surface area contributed by atoms with E-state index in [1.165, 1.54) is 12.8 Å². The van der Waals surface area contributed by atoms with Gasteiger partial charge in [0.05, 0.1) is 17.6 Å². The van der Waals surface area contributed by atoms with E-state index in [4.69, 9.17) is 0 Å². The Morgan fingerprint density at radius 2 is 2.17 bits per heavy atom. The summed E-state index contributed by atoms with van der Waals surface area (Å²) in [5, 5.41) is 7.38. The van der Waals surface area contributed by atoms with Gasteiger partial charge in [-0.25, -0.2) is 9.50 Å². The maximum atomic E-state index is 12.6. The molecule has 6 heteroatoms. The fraction of sp³-hybridized carbons (Fsp3) is 0.333. The van der Waals surface area contributed by atoms with Crippen molar-refractivity contribution in [2.24, 2.45) is 5.92 Å². The molecule has 0 saturated heterocycles. The summed E-state index contributed by atoms with van der Waals surface area (Å²) in [7, 11) is 0. The molecule has 24 heavy (non-hydrogen) atoms. The number of fused-ring (bicyclic) bond motifs is 1. The van der Waals surface area contributed by atoms with Gasteiger partial charge in [0.2, 0.25) is 0 Å². The maximum absolute atomic E-state index is 12.6. The highest BCUT2D eigenvalue weighted by molar-refractivity contribution is 6.00. The zero-order valence-electron chi connectivity index (χ0n) is 13.7. The molecule has 6 nitrogen and oxygen atoms in total. The predicted octanol–water partition coefficient (Wildman–Crippen LogP) is 2.63. The Labute approximate surface area is 139 Å². The highest BCUT2D eigenvalue weighted by Crippen LogP contribution is 2.32. The monoisotopic (exact) mass is 321 g/mol. The number of hydrogen-bond acceptors (Lipinski definition) is 4. The molecule has 0 spiro atoms. The van der Waals surface area contributed by atoms with Crippen molar-refractivity contribution in [1.29, 1.82) is 0 Å². The second kappa shape index (κ2) is 5.70. The lowest BCUT2D eigenvalue weighted by atomic mass is 10.2. The van der Waals surface area contributed by atoms with Gasteiger partial charge in [0.1, 0.15) is 5.56 Å². The molecule has 1 N–H and O–H groups in total. The van der Waals surface area contributed by atoms with Crippen molar-refractivity contribution in [3.05, 3.63) is 47.9 Å². The number of nitrogens with zero attached hydrogens (tertiary/aromatic N) is 4. The summed E-state index contributed by atoms with van der Waals surface area (Å²) in [5.74, 6) is 0.490. The summed E-state index contributed by atoms with van der Waals surface area (Å²) in [6, 6.07) is 7.81. The molecule has 1 fully saturated rings. The van der Waals surface area contributed by atoms with E-state index < -0.39 is 0 Å². The first-order chi connectivity index (χ1) is 11.6. The lowest BCUT2D eigenvalue weighted by molar-refractivity contribution is 0.0937. The Morgan fingerprint density at radius 3 is 2.88 bits per heavy atom. The van der Waals surface area contributed by atoms with E-state index in [0.717, 1.165) is 17.1 Å². The van der Waals surface area contributed by atoms with E-state index in [0.29, 0.717) is 17.1 Å². The third-order valence-corrected chi connectivity index (χ3v) is 4.51. The van der Waals surface area contributed by atoms with Crippen LogP contribution in [0.3, 0.4) is 0 Å². The third kappa shape index (κ3) is 2.64. The van der Waals surface area contributed by atoms with Crippen molar-refractivity contribution in [3.8, 4) is 11.4 Å². The summed E-state index contributed by atoms with van der Waals surface area (Å²) < 4.78 is 1.70. The zero-order valence-corrected chi connectivity index (χ0v) is 13.7. The van der Waals surface area contributed by atoms with Gasteiger partial charge >= 0.3 is 0 Å². The minimum atomic E-state index is -0.116. The van der Waals surface area contributed by atoms with Crippen LogP contribution in [0.25, 0.3) is 17.0 Å². The van der Waals surface area contributed by atoms with Crippen LogP contribution < -0.4 is 5.32 Å². The van der Waals surface area contributed by atoms with E-state index in [9.17, 15) is 4.79 Å². The molecule has 1 aliphatic carbocycles. The predicted molar refractivity (Wildman–Crippen MR) is 90.6 cm³/mol. The fourth-order valence-corrected chi connectivity index (χ4v) is 2.92. The molecule has 0 radical (unpaired) electrons. The van der Waals surface area contributed by atoms with Gasteiger partial charge in [0.25, 0.3) is 5.91 Å². The zero-order chi connectivity index (χ0) is 16.7. The molecule has 3 aromatic heterocycles. The molecule has 4 rings (SSSR count). The molecule has 0 aliphatic heterocycles. The number of aromatic nitrogens is 4. The van der Waals surface area contributed by atoms with Crippen LogP contribution in [0.1, 0.15) is 35.8 Å². The molecule has 0 bridgehead atoms. The van der Waals surface area contributed by atoms with E-state index in [2.05, 4.69) is 27.3 Å². The summed E-state index contributed by atoms with van der Waals surface area (Å²) in [4.78, 5) is 21.6. The minimum Gasteiger partial charge on any atom is -0.349 e. The summed E-state index contributed by atoms with van der Waals surface area (Å²) in [6.07, 6.45) is 5.71. The van der Waals surface area contributed by atoms with E-state index in [1.54, 1.807) is 16.9 Å². The fourth-order valence-electron chi connectivity index (χ4n) is 2.92. The molecular weight excluding hydrogens is 302 g/mol. The molecule has 3 aromatic rings. The first kappa shape index (κ1) is 14.8. The number of rotatable bonds is 4. The Bertz CT molecular complexity index is 898. The second-order valence-electron chi connectivity index (χ2n) is 6.39. The molecule has 0 unspecified atom stereocenters. The topological polar surface area (TPSA) is 72.2 Å². The van der Waals surface area contributed by atoms with Crippen molar-refractivity contribution < 1.29 is 4.79 Å². The number of pyridine rings is 1. The first-order valence-corrected chi connectivity index (χ1v) is 8.21. The third-order valence-electron chi connectivity index (χ3n) is 4.51. The molecular formula is C18H19N5O. The molecule has 3 heterocycles. The Morgan fingerprint density at radius 1 is 1.33 bits per heavy atom. The Kier molecular flexibility index (Phi) is 3.52. The smallest absolute Gasteiger partial charge is 0.256 e. The van der Waals surface area contributed by atoms with Gasteiger partial charge < -0.3 is 5.32 Å². The number of amides is 1.